The van der Waals surface area contributed by atoms with Gasteiger partial charge < -0.3 is 0 Å². The second-order valence-electron chi connectivity index (χ2n) is 1.07. The predicted molar refractivity (Wildman–Crippen MR) is 31.0 cm³/mol. The number of halogens is 1. The van der Waals surface area contributed by atoms with E-state index in [1.807, 2.05) is 0 Å². The fourth-order valence-electron chi connectivity index (χ4n) is 0.139. The van der Waals surface area contributed by atoms with Crippen molar-refractivity contribution in [3.63, 3.8) is 0 Å². The molecule has 0 aliphatic rings. The highest BCUT2D eigenvalue weighted by Crippen LogP contribution is 1.89. The molecule has 0 amide bonds. The molecule has 0 rings (SSSR count). The molecule has 0 saturated carbocycles. The van der Waals surface area contributed by atoms with E-state index in [4.69, 9.17) is 0 Å². The largest absolute Gasteiger partial charge is 0.311 e. The summed E-state index contributed by atoms with van der Waals surface area (Å²) in [5, 5.41) is 4.22. The van der Waals surface area contributed by atoms with Crippen LogP contribution in [0.25, 0.3) is 0 Å². The van der Waals surface area contributed by atoms with Crippen molar-refractivity contribution in [2.45, 2.75) is 0 Å². The average Bonchev–Trinajstić information content (AvgIpc) is 1.14. The zero-order valence-electron chi connectivity index (χ0n) is 3.90. The van der Waals surface area contributed by atoms with Gasteiger partial charge in [-0.25, -0.2) is 5.14 Å². The maximum Gasteiger partial charge on any atom is 0.311 e. The summed E-state index contributed by atoms with van der Waals surface area (Å²) >= 11 is 0. The third-order valence-electron chi connectivity index (χ3n) is 0.216. The Morgan fingerprint density at radius 2 is 1.56 bits per heavy atom. The second-order valence-corrected chi connectivity index (χ2v) is 4.92. The van der Waals surface area contributed by atoms with E-state index in [-0.39, 0.29) is 0 Å². The molecule has 0 bridgehead atoms. The molecule has 0 heterocycles. The summed E-state index contributed by atoms with van der Waals surface area (Å²) in [5.41, 5.74) is 0. The number of nitrogens with two attached hydrogens (primary N) is 1. The Balaban J connectivity index is 4.46. The Bertz CT molecular complexity index is 242. The lowest BCUT2D eigenvalue weighted by Gasteiger charge is -1.92. The van der Waals surface area contributed by atoms with Gasteiger partial charge in [-0.15, -0.1) is 0 Å². The fraction of sp³-hybridized carbons (Fsp3) is 0. The molecule has 0 atom stereocenters. The molecule has 0 aromatic carbocycles. The van der Waals surface area contributed by atoms with Crippen molar-refractivity contribution < 1.29 is 16.8 Å². The molecular formula is H3ClN2O4S2. The maximum atomic E-state index is 9.85. The molecule has 0 aromatic heterocycles. The van der Waals surface area contributed by atoms with Crippen LogP contribution in [0.5, 0.6) is 0 Å². The molecule has 0 aliphatic carbocycles. The summed E-state index contributed by atoms with van der Waals surface area (Å²) < 4.78 is 40.3. The van der Waals surface area contributed by atoms with Crippen molar-refractivity contribution in [2.75, 3.05) is 0 Å². The minimum Gasteiger partial charge on any atom is -0.215 e. The molecule has 0 radical (unpaired) electrons. The third kappa shape index (κ3) is 8.11. The van der Waals surface area contributed by atoms with Crippen molar-refractivity contribution in [2.24, 2.45) is 5.14 Å². The quantitative estimate of drug-likeness (QED) is 0.509. The lowest BCUT2D eigenvalue weighted by molar-refractivity contribution is 0.585. The van der Waals surface area contributed by atoms with Crippen molar-refractivity contribution in [3.05, 3.63) is 0 Å². The van der Waals surface area contributed by atoms with E-state index >= 15 is 0 Å². The Labute approximate surface area is 56.7 Å². The van der Waals surface area contributed by atoms with Crippen LogP contribution in [-0.2, 0) is 19.4 Å². The van der Waals surface area contributed by atoms with Gasteiger partial charge in [0.1, 0.15) is 0 Å². The van der Waals surface area contributed by atoms with E-state index in [2.05, 4.69) is 15.8 Å². The van der Waals surface area contributed by atoms with E-state index in [9.17, 15) is 16.8 Å². The van der Waals surface area contributed by atoms with E-state index in [0.29, 0.717) is 0 Å². The first kappa shape index (κ1) is 9.11. The molecule has 3 N–H and O–H groups in total. The standard InChI is InChI=1S/ClH3N2O4S2/c1-8(4,5)3-9(2,6)7/h3H,(H2,2,6,7). The van der Waals surface area contributed by atoms with Crippen molar-refractivity contribution >= 4 is 30.1 Å². The summed E-state index contributed by atoms with van der Waals surface area (Å²) in [6, 6.07) is 0. The number of nitrogens with one attached hydrogen (secondary N) is 1. The van der Waals surface area contributed by atoms with Crippen LogP contribution in [0.2, 0.25) is 0 Å². The van der Waals surface area contributed by atoms with Gasteiger partial charge in [-0.2, -0.15) is 16.8 Å². The topological polar surface area (TPSA) is 106 Å². The van der Waals surface area contributed by atoms with E-state index in [1.54, 1.807) is 0 Å². The van der Waals surface area contributed by atoms with Crippen LogP contribution in [-0.4, -0.2) is 16.8 Å². The Morgan fingerprint density at radius 3 is 1.56 bits per heavy atom. The summed E-state index contributed by atoms with van der Waals surface area (Å²) in [6.45, 7) is 0. The van der Waals surface area contributed by atoms with Gasteiger partial charge in [0.2, 0.25) is 0 Å². The van der Waals surface area contributed by atoms with E-state index in [0.717, 1.165) is 4.13 Å². The zero-order chi connectivity index (χ0) is 7.71. The zero-order valence-corrected chi connectivity index (χ0v) is 6.29. The number of hydrogen-bond donors (Lipinski definition) is 2. The molecule has 0 aromatic rings. The average molecular weight is 195 g/mol. The minimum atomic E-state index is -4.27. The van der Waals surface area contributed by atoms with Gasteiger partial charge in [-0.3, -0.25) is 0 Å². The molecule has 0 unspecified atom stereocenters. The molecule has 0 saturated heterocycles. The third-order valence-corrected chi connectivity index (χ3v) is 2.51. The summed E-state index contributed by atoms with van der Waals surface area (Å²) in [4.78, 5) is 0. The predicted octanol–water partition coefficient (Wildman–Crippen LogP) is -1.74. The van der Waals surface area contributed by atoms with Gasteiger partial charge in [0.15, 0.2) is 0 Å². The van der Waals surface area contributed by atoms with Gasteiger partial charge >= 0.3 is 9.24 Å². The first-order valence-corrected chi connectivity index (χ1v) is 5.32. The Morgan fingerprint density at radius 1 is 1.22 bits per heavy atom. The summed E-state index contributed by atoms with van der Waals surface area (Å²) in [7, 11) is -4.10. The smallest absolute Gasteiger partial charge is 0.215 e. The second kappa shape index (κ2) is 2.39. The highest BCUT2D eigenvalue weighted by atomic mass is 35.7. The normalized spacial score (nSPS) is 13.6. The van der Waals surface area contributed by atoms with E-state index in [1.165, 1.54) is 0 Å². The highest BCUT2D eigenvalue weighted by molar-refractivity contribution is 8.18. The van der Waals surface area contributed by atoms with Crippen LogP contribution in [0.1, 0.15) is 0 Å². The lowest BCUT2D eigenvalue weighted by atomic mass is 13.9. The number of rotatable bonds is 2. The van der Waals surface area contributed by atoms with Crippen LogP contribution in [0.3, 0.4) is 0 Å². The monoisotopic (exact) mass is 194 g/mol. The Kier molecular flexibility index (Phi) is 2.41. The van der Waals surface area contributed by atoms with Crippen molar-refractivity contribution in [1.29, 1.82) is 0 Å². The first-order valence-electron chi connectivity index (χ1n) is 1.46. The molecule has 56 valence electrons. The van der Waals surface area contributed by atoms with Gasteiger partial charge in [0, 0.05) is 10.7 Å². The highest BCUT2D eigenvalue weighted by Gasteiger charge is 2.11. The van der Waals surface area contributed by atoms with Crippen molar-refractivity contribution in [3.8, 4) is 0 Å². The molecular weight excluding hydrogens is 192 g/mol. The molecule has 0 aliphatic heterocycles. The van der Waals surface area contributed by atoms with Gasteiger partial charge in [-0.1, -0.05) is 4.13 Å². The van der Waals surface area contributed by atoms with Crippen LogP contribution in [0.15, 0.2) is 0 Å². The van der Waals surface area contributed by atoms with Crippen LogP contribution < -0.4 is 9.27 Å². The molecule has 9 heavy (non-hydrogen) atoms. The molecule has 0 spiro atoms. The summed E-state index contributed by atoms with van der Waals surface area (Å²) in [5.74, 6) is 0. The van der Waals surface area contributed by atoms with Crippen molar-refractivity contribution in [1.82, 2.24) is 4.13 Å². The van der Waals surface area contributed by atoms with Gasteiger partial charge in [-0.05, 0) is 0 Å². The van der Waals surface area contributed by atoms with E-state index < -0.39 is 19.4 Å². The first-order chi connectivity index (χ1) is 3.71. The molecule has 6 nitrogen and oxygen atoms in total. The van der Waals surface area contributed by atoms with Crippen LogP contribution in [0.4, 0.5) is 0 Å². The SMILES string of the molecule is NS(=O)(=O)NS(=O)(=O)Cl. The minimum absolute atomic E-state index is 0.946. The Hall–Kier alpha value is 0.110. The summed E-state index contributed by atoms with van der Waals surface area (Å²) in [6.07, 6.45) is 0. The fourth-order valence-corrected chi connectivity index (χ4v) is 2.04. The maximum absolute atomic E-state index is 9.85. The lowest BCUT2D eigenvalue weighted by Crippen LogP contribution is -2.32. The number of hydrogen-bond acceptors (Lipinski definition) is 4. The van der Waals surface area contributed by atoms with Crippen LogP contribution >= 0.6 is 10.7 Å². The van der Waals surface area contributed by atoms with Gasteiger partial charge in [0.05, 0.1) is 0 Å². The molecule has 0 fully saturated rings. The molecule has 9 heteroatoms. The van der Waals surface area contributed by atoms with Crippen LogP contribution in [0, 0.1) is 0 Å². The van der Waals surface area contributed by atoms with Gasteiger partial charge in [0.25, 0.3) is 10.2 Å².